The van der Waals surface area contributed by atoms with Crippen LogP contribution in [0.2, 0.25) is 0 Å². The van der Waals surface area contributed by atoms with Crippen LogP contribution in [0, 0.1) is 11.8 Å². The molecule has 0 heterocycles. The van der Waals surface area contributed by atoms with Gasteiger partial charge in [0.15, 0.2) is 0 Å². The summed E-state index contributed by atoms with van der Waals surface area (Å²) in [7, 11) is 0. The van der Waals surface area contributed by atoms with Crippen LogP contribution in [0.15, 0.2) is 24.3 Å². The highest BCUT2D eigenvalue weighted by Crippen LogP contribution is 2.39. The predicted molar refractivity (Wildman–Crippen MR) is 75.8 cm³/mol. The van der Waals surface area contributed by atoms with Crippen LogP contribution in [0.4, 0.5) is 0 Å². The lowest BCUT2D eigenvalue weighted by Gasteiger charge is -2.21. The van der Waals surface area contributed by atoms with E-state index in [1.807, 2.05) is 18.2 Å². The van der Waals surface area contributed by atoms with Gasteiger partial charge in [0.1, 0.15) is 0 Å². The van der Waals surface area contributed by atoms with Crippen molar-refractivity contribution in [2.24, 2.45) is 11.8 Å². The van der Waals surface area contributed by atoms with Crippen molar-refractivity contribution >= 4 is 0 Å². The Morgan fingerprint density at radius 3 is 2.58 bits per heavy atom. The predicted octanol–water partition coefficient (Wildman–Crippen LogP) is 3.22. The quantitative estimate of drug-likeness (QED) is 0.872. The van der Waals surface area contributed by atoms with Crippen molar-refractivity contribution in [1.82, 2.24) is 0 Å². The monoisotopic (exact) mass is 260 g/mol. The van der Waals surface area contributed by atoms with Crippen LogP contribution < -0.4 is 0 Å². The number of fused-ring (bicyclic) bond motifs is 1. The zero-order chi connectivity index (χ0) is 13.2. The standard InChI is InChI=1S/C17H24O2/c18-15(9-12-5-1-2-6-12)11-14-10-13-7-3-4-8-16(13)17(14)19/h3-4,7-8,12,14-15,17-19H,1-2,5-6,9-11H2. The molecule has 3 atom stereocenters. The largest absolute Gasteiger partial charge is 0.393 e. The highest BCUT2D eigenvalue weighted by molar-refractivity contribution is 5.34. The summed E-state index contributed by atoms with van der Waals surface area (Å²) >= 11 is 0. The molecular formula is C17H24O2. The van der Waals surface area contributed by atoms with E-state index in [-0.39, 0.29) is 18.1 Å². The summed E-state index contributed by atoms with van der Waals surface area (Å²) < 4.78 is 0. The zero-order valence-electron chi connectivity index (χ0n) is 11.5. The van der Waals surface area contributed by atoms with Crippen LogP contribution in [0.1, 0.15) is 55.8 Å². The Kier molecular flexibility index (Phi) is 3.90. The normalized spacial score (nSPS) is 28.5. The van der Waals surface area contributed by atoms with E-state index in [0.717, 1.165) is 30.7 Å². The molecule has 1 aromatic rings. The maximum absolute atomic E-state index is 10.3. The molecule has 0 amide bonds. The average molecular weight is 260 g/mol. The smallest absolute Gasteiger partial charge is 0.0825 e. The van der Waals surface area contributed by atoms with Crippen LogP contribution in [-0.4, -0.2) is 16.3 Å². The first-order valence-corrected chi connectivity index (χ1v) is 7.68. The minimum atomic E-state index is -0.380. The van der Waals surface area contributed by atoms with Gasteiger partial charge in [0.05, 0.1) is 12.2 Å². The van der Waals surface area contributed by atoms with Gasteiger partial charge >= 0.3 is 0 Å². The summed E-state index contributed by atoms with van der Waals surface area (Å²) in [4.78, 5) is 0. The molecule has 104 valence electrons. The minimum absolute atomic E-state index is 0.203. The second-order valence-corrected chi connectivity index (χ2v) is 6.38. The number of hydrogen-bond acceptors (Lipinski definition) is 2. The number of benzene rings is 1. The summed E-state index contributed by atoms with van der Waals surface area (Å²) in [5.41, 5.74) is 2.33. The van der Waals surface area contributed by atoms with Crippen molar-refractivity contribution in [3.8, 4) is 0 Å². The molecule has 2 aliphatic rings. The first-order chi connectivity index (χ1) is 9.24. The molecule has 1 saturated carbocycles. The van der Waals surface area contributed by atoms with Gasteiger partial charge in [0.25, 0.3) is 0 Å². The third-order valence-electron chi connectivity index (χ3n) is 4.96. The molecule has 2 nitrogen and oxygen atoms in total. The molecule has 0 aromatic heterocycles. The third kappa shape index (κ3) is 2.85. The molecular weight excluding hydrogens is 236 g/mol. The molecule has 0 radical (unpaired) electrons. The molecule has 19 heavy (non-hydrogen) atoms. The second-order valence-electron chi connectivity index (χ2n) is 6.38. The lowest BCUT2D eigenvalue weighted by Crippen LogP contribution is -2.19. The molecule has 2 N–H and O–H groups in total. The van der Waals surface area contributed by atoms with Gasteiger partial charge in [-0.15, -0.1) is 0 Å². The summed E-state index contributed by atoms with van der Waals surface area (Å²) in [6.45, 7) is 0. The van der Waals surface area contributed by atoms with Crippen LogP contribution in [0.3, 0.4) is 0 Å². The highest BCUT2D eigenvalue weighted by Gasteiger charge is 2.32. The fourth-order valence-corrected chi connectivity index (χ4v) is 3.95. The Morgan fingerprint density at radius 1 is 1.11 bits per heavy atom. The first-order valence-electron chi connectivity index (χ1n) is 7.68. The van der Waals surface area contributed by atoms with Gasteiger partial charge in [-0.3, -0.25) is 0 Å². The lowest BCUT2D eigenvalue weighted by molar-refractivity contribution is 0.0606. The van der Waals surface area contributed by atoms with Crippen molar-refractivity contribution in [1.29, 1.82) is 0 Å². The maximum atomic E-state index is 10.3. The van der Waals surface area contributed by atoms with Gasteiger partial charge < -0.3 is 10.2 Å². The molecule has 2 heteroatoms. The topological polar surface area (TPSA) is 40.5 Å². The second kappa shape index (κ2) is 5.64. The lowest BCUT2D eigenvalue weighted by atomic mass is 9.90. The Bertz CT molecular complexity index is 423. The summed E-state index contributed by atoms with van der Waals surface area (Å²) in [6.07, 6.45) is 7.19. The molecule has 1 aromatic carbocycles. The first kappa shape index (κ1) is 13.1. The molecule has 0 saturated heterocycles. The van der Waals surface area contributed by atoms with Gasteiger partial charge in [-0.25, -0.2) is 0 Å². The fraction of sp³-hybridized carbons (Fsp3) is 0.647. The zero-order valence-corrected chi connectivity index (χ0v) is 11.5. The maximum Gasteiger partial charge on any atom is 0.0825 e. The molecule has 0 aliphatic heterocycles. The molecule has 3 rings (SSSR count). The molecule has 0 bridgehead atoms. The Balaban J connectivity index is 1.56. The minimum Gasteiger partial charge on any atom is -0.393 e. The van der Waals surface area contributed by atoms with Crippen LogP contribution in [0.25, 0.3) is 0 Å². The van der Waals surface area contributed by atoms with E-state index in [1.165, 1.54) is 31.2 Å². The van der Waals surface area contributed by atoms with Crippen LogP contribution in [0.5, 0.6) is 0 Å². The van der Waals surface area contributed by atoms with E-state index in [0.29, 0.717) is 0 Å². The summed E-state index contributed by atoms with van der Waals surface area (Å²) in [5, 5.41) is 20.6. The van der Waals surface area contributed by atoms with Crippen molar-refractivity contribution < 1.29 is 10.2 Å². The highest BCUT2D eigenvalue weighted by atomic mass is 16.3. The molecule has 2 aliphatic carbocycles. The van der Waals surface area contributed by atoms with Crippen LogP contribution in [-0.2, 0) is 6.42 Å². The molecule has 0 spiro atoms. The average Bonchev–Trinajstić information content (AvgIpc) is 3.00. The SMILES string of the molecule is OC(CC1CCCC1)CC1Cc2ccccc2C1O. The van der Waals surface area contributed by atoms with Gasteiger partial charge in [-0.1, -0.05) is 49.9 Å². The number of aliphatic hydroxyl groups is 2. The van der Waals surface area contributed by atoms with E-state index in [1.54, 1.807) is 0 Å². The fourth-order valence-electron chi connectivity index (χ4n) is 3.95. The summed E-state index contributed by atoms with van der Waals surface area (Å²) in [6, 6.07) is 8.13. The number of aliphatic hydroxyl groups excluding tert-OH is 2. The van der Waals surface area contributed by atoms with Crippen molar-refractivity contribution in [2.45, 2.75) is 57.2 Å². The van der Waals surface area contributed by atoms with E-state index >= 15 is 0 Å². The molecule has 3 unspecified atom stereocenters. The Morgan fingerprint density at radius 2 is 1.84 bits per heavy atom. The van der Waals surface area contributed by atoms with E-state index in [2.05, 4.69) is 6.07 Å². The van der Waals surface area contributed by atoms with Crippen LogP contribution >= 0.6 is 0 Å². The van der Waals surface area contributed by atoms with E-state index in [4.69, 9.17) is 0 Å². The summed E-state index contributed by atoms with van der Waals surface area (Å²) in [5.74, 6) is 0.921. The van der Waals surface area contributed by atoms with Crippen molar-refractivity contribution in [3.63, 3.8) is 0 Å². The number of rotatable bonds is 4. The Labute approximate surface area is 115 Å². The van der Waals surface area contributed by atoms with Gasteiger partial charge in [-0.05, 0) is 42.2 Å². The Hall–Kier alpha value is -0.860. The third-order valence-corrected chi connectivity index (χ3v) is 4.96. The number of hydrogen-bond donors (Lipinski definition) is 2. The van der Waals surface area contributed by atoms with Crippen molar-refractivity contribution in [2.75, 3.05) is 0 Å². The molecule has 1 fully saturated rings. The van der Waals surface area contributed by atoms with Crippen molar-refractivity contribution in [3.05, 3.63) is 35.4 Å². The van der Waals surface area contributed by atoms with Gasteiger partial charge in [0.2, 0.25) is 0 Å². The van der Waals surface area contributed by atoms with Gasteiger partial charge in [-0.2, -0.15) is 0 Å². The van der Waals surface area contributed by atoms with E-state index < -0.39 is 0 Å². The van der Waals surface area contributed by atoms with E-state index in [9.17, 15) is 10.2 Å². The van der Waals surface area contributed by atoms with Gasteiger partial charge in [0, 0.05) is 0 Å².